The summed E-state index contributed by atoms with van der Waals surface area (Å²) >= 11 is 0. The lowest BCUT2D eigenvalue weighted by Crippen LogP contribution is -2.45. The van der Waals surface area contributed by atoms with Crippen molar-refractivity contribution in [2.45, 2.75) is 37.9 Å². The largest absolute Gasteiger partial charge is 0.459 e. The van der Waals surface area contributed by atoms with Gasteiger partial charge in [-0.2, -0.15) is 13.2 Å². The molecule has 140 valence electrons. The molecule has 6 nitrogen and oxygen atoms in total. The van der Waals surface area contributed by atoms with Gasteiger partial charge >= 0.3 is 6.18 Å². The van der Waals surface area contributed by atoms with E-state index in [1.54, 1.807) is 17.0 Å². The Morgan fingerprint density at radius 2 is 2.23 bits per heavy atom. The van der Waals surface area contributed by atoms with Crippen LogP contribution in [0.2, 0.25) is 0 Å². The van der Waals surface area contributed by atoms with Crippen LogP contribution in [0, 0.1) is 0 Å². The van der Waals surface area contributed by atoms with Crippen molar-refractivity contribution < 1.29 is 22.4 Å². The molecule has 3 heterocycles. The smallest absolute Gasteiger partial charge is 0.389 e. The first-order valence-electron chi connectivity index (χ1n) is 8.39. The molecule has 1 aliphatic heterocycles. The zero-order valence-electron chi connectivity index (χ0n) is 14.0. The number of nitrogens with one attached hydrogen (secondary N) is 1. The highest BCUT2D eigenvalue weighted by atomic mass is 19.4. The maximum atomic E-state index is 12.4. The number of anilines is 1. The van der Waals surface area contributed by atoms with Gasteiger partial charge in [-0.25, -0.2) is 9.97 Å². The summed E-state index contributed by atoms with van der Waals surface area (Å²) in [6.07, 6.45) is -0.805. The third-order valence-electron chi connectivity index (χ3n) is 4.15. The first-order chi connectivity index (χ1) is 12.4. The number of piperidine rings is 1. The van der Waals surface area contributed by atoms with Crippen LogP contribution in [0.5, 0.6) is 0 Å². The van der Waals surface area contributed by atoms with Gasteiger partial charge in [0.1, 0.15) is 0 Å². The van der Waals surface area contributed by atoms with Crippen LogP contribution >= 0.6 is 0 Å². The number of hydrogen-bond donors (Lipinski definition) is 1. The molecule has 0 saturated carbocycles. The molecule has 1 fully saturated rings. The molecule has 3 rings (SSSR count). The third kappa shape index (κ3) is 4.96. The van der Waals surface area contributed by atoms with E-state index in [9.17, 15) is 18.0 Å². The minimum atomic E-state index is -4.21. The summed E-state index contributed by atoms with van der Waals surface area (Å²) in [6, 6.07) is 4.69. The topological polar surface area (TPSA) is 71.3 Å². The normalized spacial score (nSPS) is 18.0. The fourth-order valence-corrected chi connectivity index (χ4v) is 2.89. The summed E-state index contributed by atoms with van der Waals surface area (Å²) in [7, 11) is 0. The summed E-state index contributed by atoms with van der Waals surface area (Å²) in [5.41, 5.74) is 0.333. The Balaban J connectivity index is 1.59. The molecule has 2 aromatic rings. The second-order valence-electron chi connectivity index (χ2n) is 6.20. The lowest BCUT2D eigenvalue weighted by molar-refractivity contribution is -0.134. The molecule has 2 aromatic heterocycles. The summed E-state index contributed by atoms with van der Waals surface area (Å²) in [4.78, 5) is 22.3. The number of rotatable bonds is 5. The summed E-state index contributed by atoms with van der Waals surface area (Å²) in [5.74, 6) is 0.388. The Morgan fingerprint density at radius 1 is 1.38 bits per heavy atom. The Labute approximate surface area is 148 Å². The monoisotopic (exact) mass is 368 g/mol. The molecule has 1 atom stereocenters. The summed E-state index contributed by atoms with van der Waals surface area (Å²) in [5, 5.41) is 3.12. The lowest BCUT2D eigenvalue weighted by Gasteiger charge is -2.32. The van der Waals surface area contributed by atoms with E-state index in [-0.39, 0.29) is 30.1 Å². The van der Waals surface area contributed by atoms with E-state index in [0.29, 0.717) is 18.8 Å². The number of alkyl halides is 3. The number of hydrogen-bond acceptors (Lipinski definition) is 5. The van der Waals surface area contributed by atoms with Crippen molar-refractivity contribution in [2.24, 2.45) is 0 Å². The van der Waals surface area contributed by atoms with Crippen LogP contribution in [0.4, 0.5) is 19.1 Å². The van der Waals surface area contributed by atoms with E-state index >= 15 is 0 Å². The number of carbonyl (C=O) groups is 1. The fourth-order valence-electron chi connectivity index (χ4n) is 2.89. The van der Waals surface area contributed by atoms with Crippen molar-refractivity contribution in [3.63, 3.8) is 0 Å². The Hall–Kier alpha value is -2.58. The number of amides is 1. The standard InChI is InChI=1S/C17H19F3N4O2/c18-17(19,20)7-5-12-6-8-21-16(22-12)23-13-3-1-9-24(11-13)15(25)14-4-2-10-26-14/h2,4,6,8,10,13H,1,3,5,7,9,11H2,(H,21,22,23). The van der Waals surface area contributed by atoms with E-state index in [1.165, 1.54) is 18.5 Å². The van der Waals surface area contributed by atoms with Gasteiger partial charge in [0.2, 0.25) is 5.95 Å². The Morgan fingerprint density at radius 3 is 2.96 bits per heavy atom. The highest BCUT2D eigenvalue weighted by Gasteiger charge is 2.28. The van der Waals surface area contributed by atoms with Gasteiger partial charge in [-0.3, -0.25) is 4.79 Å². The quantitative estimate of drug-likeness (QED) is 0.877. The second kappa shape index (κ2) is 7.76. The van der Waals surface area contributed by atoms with Crippen LogP contribution in [0.3, 0.4) is 0 Å². The predicted octanol–water partition coefficient (Wildman–Crippen LogP) is 3.28. The van der Waals surface area contributed by atoms with Gasteiger partial charge in [0, 0.05) is 37.4 Å². The minimum Gasteiger partial charge on any atom is -0.459 e. The van der Waals surface area contributed by atoms with Crippen LogP contribution in [-0.4, -0.2) is 46.1 Å². The number of carbonyl (C=O) groups excluding carboxylic acids is 1. The number of halogens is 3. The van der Waals surface area contributed by atoms with E-state index in [2.05, 4.69) is 15.3 Å². The van der Waals surface area contributed by atoms with Gasteiger partial charge in [0.05, 0.1) is 6.26 Å². The van der Waals surface area contributed by atoms with Crippen LogP contribution in [0.15, 0.2) is 35.1 Å². The molecule has 0 aliphatic carbocycles. The second-order valence-corrected chi connectivity index (χ2v) is 6.20. The first kappa shape index (κ1) is 18.2. The van der Waals surface area contributed by atoms with Crippen LogP contribution in [0.25, 0.3) is 0 Å². The fraction of sp³-hybridized carbons (Fsp3) is 0.471. The first-order valence-corrected chi connectivity index (χ1v) is 8.39. The predicted molar refractivity (Wildman–Crippen MR) is 87.7 cm³/mol. The van der Waals surface area contributed by atoms with Gasteiger partial charge in [-0.1, -0.05) is 0 Å². The van der Waals surface area contributed by atoms with Crippen LogP contribution in [0.1, 0.15) is 35.5 Å². The van der Waals surface area contributed by atoms with Crippen molar-refractivity contribution in [1.29, 1.82) is 0 Å². The van der Waals surface area contributed by atoms with Crippen molar-refractivity contribution in [3.8, 4) is 0 Å². The van der Waals surface area contributed by atoms with Crippen LogP contribution < -0.4 is 5.32 Å². The van der Waals surface area contributed by atoms with E-state index < -0.39 is 12.6 Å². The molecule has 0 bridgehead atoms. The van der Waals surface area contributed by atoms with E-state index in [0.717, 1.165) is 12.8 Å². The van der Waals surface area contributed by atoms with Crippen molar-refractivity contribution in [2.75, 3.05) is 18.4 Å². The number of nitrogens with zero attached hydrogens (tertiary/aromatic N) is 3. The summed E-state index contributed by atoms with van der Waals surface area (Å²) < 4.78 is 42.2. The number of furan rings is 1. The molecule has 26 heavy (non-hydrogen) atoms. The molecule has 9 heteroatoms. The third-order valence-corrected chi connectivity index (χ3v) is 4.15. The molecule has 1 aliphatic rings. The highest BCUT2D eigenvalue weighted by Crippen LogP contribution is 2.22. The molecular formula is C17H19F3N4O2. The Bertz CT molecular complexity index is 734. The van der Waals surface area contributed by atoms with Gasteiger partial charge in [0.25, 0.3) is 5.91 Å². The van der Waals surface area contributed by atoms with E-state index in [4.69, 9.17) is 4.42 Å². The maximum Gasteiger partial charge on any atom is 0.389 e. The van der Waals surface area contributed by atoms with Gasteiger partial charge in [-0.05, 0) is 37.5 Å². The molecule has 1 saturated heterocycles. The number of likely N-dealkylation sites (tertiary alicyclic amines) is 1. The van der Waals surface area contributed by atoms with E-state index in [1.807, 2.05) is 0 Å². The number of aromatic nitrogens is 2. The SMILES string of the molecule is O=C(c1ccco1)N1CCCC(Nc2nccc(CCC(F)(F)F)n2)C1. The van der Waals surface area contributed by atoms with Gasteiger partial charge in [-0.15, -0.1) is 0 Å². The molecule has 0 aromatic carbocycles. The average Bonchev–Trinajstić information content (AvgIpc) is 3.14. The summed E-state index contributed by atoms with van der Waals surface area (Å²) in [6.45, 7) is 1.08. The lowest BCUT2D eigenvalue weighted by atomic mass is 10.1. The highest BCUT2D eigenvalue weighted by molar-refractivity contribution is 5.91. The van der Waals surface area contributed by atoms with Crippen molar-refractivity contribution in [3.05, 3.63) is 42.1 Å². The minimum absolute atomic E-state index is 0.0690. The molecule has 0 spiro atoms. The molecule has 1 amide bonds. The zero-order valence-corrected chi connectivity index (χ0v) is 14.0. The molecule has 1 unspecified atom stereocenters. The number of aryl methyl sites for hydroxylation is 1. The Kier molecular flexibility index (Phi) is 5.43. The molecule has 1 N–H and O–H groups in total. The van der Waals surface area contributed by atoms with Gasteiger partial charge < -0.3 is 14.6 Å². The van der Waals surface area contributed by atoms with Crippen molar-refractivity contribution in [1.82, 2.24) is 14.9 Å². The van der Waals surface area contributed by atoms with Crippen LogP contribution in [-0.2, 0) is 6.42 Å². The zero-order chi connectivity index (χ0) is 18.6. The molecular weight excluding hydrogens is 349 g/mol. The average molecular weight is 368 g/mol. The maximum absolute atomic E-state index is 12.4. The van der Waals surface area contributed by atoms with Gasteiger partial charge in [0.15, 0.2) is 5.76 Å². The van der Waals surface area contributed by atoms with Crippen molar-refractivity contribution >= 4 is 11.9 Å². The molecule has 0 radical (unpaired) electrons.